The Bertz CT molecular complexity index is 1730. The van der Waals surface area contributed by atoms with Crippen molar-refractivity contribution in [2.75, 3.05) is 6.61 Å². The number of ketones is 2. The fourth-order valence-electron chi connectivity index (χ4n) is 11.2. The molecule has 0 amide bonds. The molecule has 11 atom stereocenters. The molecule has 5 aliphatic carbocycles. The highest BCUT2D eigenvalue weighted by atomic mass is 32.2. The van der Waals surface area contributed by atoms with Crippen LogP contribution in [-0.4, -0.2) is 50.7 Å². The molecule has 5 aliphatic rings. The fourth-order valence-corrected chi connectivity index (χ4v) is 12.2. The van der Waals surface area contributed by atoms with E-state index in [-0.39, 0.29) is 50.9 Å². The van der Waals surface area contributed by atoms with E-state index in [1.54, 1.807) is 25.1 Å². The number of hydrogen-bond acceptors (Lipinski definition) is 9. The fraction of sp³-hybridized carbons (Fsp3) is 0.641. The highest BCUT2D eigenvalue weighted by Crippen LogP contribution is 2.87. The number of benzene rings is 1. The molecule has 4 fully saturated rings. The van der Waals surface area contributed by atoms with E-state index in [2.05, 4.69) is 33.4 Å². The van der Waals surface area contributed by atoms with E-state index in [0.717, 1.165) is 37.7 Å². The lowest BCUT2D eigenvalue weighted by molar-refractivity contribution is -0.173. The van der Waals surface area contributed by atoms with Gasteiger partial charge in [0, 0.05) is 31.6 Å². The smallest absolute Gasteiger partial charge is 0.303 e. The van der Waals surface area contributed by atoms with Gasteiger partial charge in [-0.2, -0.15) is 8.42 Å². The molecule has 4 saturated carbocycles. The topological polar surface area (TPSA) is 130 Å². The Balaban J connectivity index is 1.30. The third kappa shape index (κ3) is 5.38. The number of Topliss-reactive ketones (excluding diaryl/α,β-unsaturated/α-hetero) is 1. The van der Waals surface area contributed by atoms with Crippen LogP contribution in [0.5, 0.6) is 0 Å². The molecule has 0 aliphatic heterocycles. The summed E-state index contributed by atoms with van der Waals surface area (Å²) in [6, 6.07) is 6.29. The van der Waals surface area contributed by atoms with E-state index in [1.165, 1.54) is 26.0 Å². The Morgan fingerprint density at radius 1 is 1.02 bits per heavy atom. The number of hydrogen-bond donors (Lipinski definition) is 0. The summed E-state index contributed by atoms with van der Waals surface area (Å²) in [6.07, 6.45) is 7.08. The zero-order valence-corrected chi connectivity index (χ0v) is 30.6. The first-order valence-electron chi connectivity index (χ1n) is 17.6. The Morgan fingerprint density at radius 2 is 1.69 bits per heavy atom. The molecule has 9 nitrogen and oxygen atoms in total. The molecule has 1 aromatic rings. The van der Waals surface area contributed by atoms with Gasteiger partial charge in [0.15, 0.2) is 17.7 Å². The minimum absolute atomic E-state index is 0.00797. The van der Waals surface area contributed by atoms with Crippen molar-refractivity contribution in [2.24, 2.45) is 51.2 Å². The average molecular weight is 695 g/mol. The van der Waals surface area contributed by atoms with E-state index in [9.17, 15) is 27.6 Å². The monoisotopic (exact) mass is 694 g/mol. The summed E-state index contributed by atoms with van der Waals surface area (Å²) < 4.78 is 43.1. The van der Waals surface area contributed by atoms with Crippen LogP contribution in [0.2, 0.25) is 0 Å². The summed E-state index contributed by atoms with van der Waals surface area (Å²) in [5.41, 5.74) is 0.0789. The number of allylic oxidation sites excluding steroid dienone is 2. The Labute approximate surface area is 290 Å². The molecule has 10 heteroatoms. The van der Waals surface area contributed by atoms with Gasteiger partial charge in [-0.15, -0.1) is 0 Å². The predicted octanol–water partition coefficient (Wildman–Crippen LogP) is 6.33. The molecule has 0 N–H and O–H groups in total. The Hall–Kier alpha value is -3.11. The number of rotatable bonds is 10. The van der Waals surface area contributed by atoms with Gasteiger partial charge in [0.05, 0.1) is 11.5 Å². The number of carbonyl (C=O) groups is 4. The third-order valence-corrected chi connectivity index (χ3v) is 15.2. The first-order chi connectivity index (χ1) is 22.8. The molecule has 1 aromatic carbocycles. The van der Waals surface area contributed by atoms with Gasteiger partial charge in [-0.1, -0.05) is 58.0 Å². The van der Waals surface area contributed by atoms with Crippen molar-refractivity contribution in [3.63, 3.8) is 0 Å². The molecule has 49 heavy (non-hydrogen) atoms. The quantitative estimate of drug-likeness (QED) is 0.157. The molecular weight excluding hydrogens is 644 g/mol. The van der Waals surface area contributed by atoms with Crippen LogP contribution < -0.4 is 0 Å². The van der Waals surface area contributed by atoms with E-state index < -0.39 is 57.3 Å². The molecule has 0 bridgehead atoms. The van der Waals surface area contributed by atoms with Gasteiger partial charge < -0.3 is 9.47 Å². The summed E-state index contributed by atoms with van der Waals surface area (Å²) in [5, 5.41) is 0. The lowest BCUT2D eigenvalue weighted by atomic mass is 9.43. The summed E-state index contributed by atoms with van der Waals surface area (Å²) in [5.74, 6) is -2.24. The number of fused-ring (bicyclic) bond motifs is 2. The molecule has 6 rings (SSSR count). The first-order valence-corrected chi connectivity index (χ1v) is 19.0. The lowest BCUT2D eigenvalue weighted by Crippen LogP contribution is -2.57. The van der Waals surface area contributed by atoms with E-state index in [0.29, 0.717) is 12.3 Å². The number of aryl methyl sites for hydroxylation is 1. The zero-order chi connectivity index (χ0) is 35.9. The summed E-state index contributed by atoms with van der Waals surface area (Å²) in [4.78, 5) is 52.4. The molecule has 1 unspecified atom stereocenters. The van der Waals surface area contributed by atoms with Crippen LogP contribution >= 0.6 is 0 Å². The maximum absolute atomic E-state index is 14.4. The van der Waals surface area contributed by atoms with Gasteiger partial charge in [-0.25, -0.2) is 0 Å². The van der Waals surface area contributed by atoms with Crippen LogP contribution in [0.15, 0.2) is 53.5 Å². The average Bonchev–Trinajstić information content (AvgIpc) is 3.64. The van der Waals surface area contributed by atoms with Crippen molar-refractivity contribution >= 4 is 33.6 Å². The third-order valence-electron chi connectivity index (χ3n) is 13.9. The van der Waals surface area contributed by atoms with Crippen molar-refractivity contribution in [3.05, 3.63) is 54.1 Å². The molecule has 0 radical (unpaired) electrons. The standard InChI is InChI=1S/C39H50O9S/c1-22-9-11-28(12-10-22)49(44,45)46-20-23(2)24(3)34(43)35(48-27(6)41)33-31(47-26(5)40)19-37(8)32-14-13-29-25(4)30(42)15-16-38(29)21-39(32,38)18-17-36(33,37)7/h9-12,15-16,23,25,29,31-33,35H,3,13-14,17-21H2,1-2,4-8H3/t23-,25-,29-,31-,32-,33?,35+,36+,37-,38+,39-/m0/s1. The predicted molar refractivity (Wildman–Crippen MR) is 181 cm³/mol. The van der Waals surface area contributed by atoms with Gasteiger partial charge in [-0.05, 0) is 103 Å². The van der Waals surface area contributed by atoms with Crippen LogP contribution in [-0.2, 0) is 43.0 Å². The second-order valence-electron chi connectivity index (χ2n) is 16.2. The van der Waals surface area contributed by atoms with Crippen molar-refractivity contribution in [2.45, 2.75) is 104 Å². The summed E-state index contributed by atoms with van der Waals surface area (Å²) in [7, 11) is -4.09. The number of esters is 2. The van der Waals surface area contributed by atoms with Gasteiger partial charge in [0.1, 0.15) is 6.10 Å². The normalized spacial score (nSPS) is 38.6. The molecule has 0 aromatic heterocycles. The van der Waals surface area contributed by atoms with Crippen molar-refractivity contribution in [1.82, 2.24) is 0 Å². The molecule has 2 spiro atoms. The zero-order valence-electron chi connectivity index (χ0n) is 29.7. The maximum Gasteiger partial charge on any atom is 0.303 e. The van der Waals surface area contributed by atoms with Gasteiger partial charge in [0.25, 0.3) is 10.1 Å². The maximum atomic E-state index is 14.4. The molecular formula is C39H50O9S. The second-order valence-corrected chi connectivity index (χ2v) is 17.8. The summed E-state index contributed by atoms with van der Waals surface area (Å²) in [6.45, 7) is 16.3. The van der Waals surface area contributed by atoms with Gasteiger partial charge >= 0.3 is 11.9 Å². The van der Waals surface area contributed by atoms with E-state index in [1.807, 2.05) is 6.92 Å². The largest absolute Gasteiger partial charge is 0.462 e. The van der Waals surface area contributed by atoms with Crippen LogP contribution in [0.3, 0.4) is 0 Å². The molecule has 0 heterocycles. The minimum Gasteiger partial charge on any atom is -0.462 e. The summed E-state index contributed by atoms with van der Waals surface area (Å²) >= 11 is 0. The first kappa shape index (κ1) is 35.7. The SMILES string of the molecule is C=C(C(=O)[C@H](OC(C)=O)C1[C@@H](OC(C)=O)C[C@@]2(C)[C@@H]3CC[C@H]4[C@H](C)C(=O)C=C[C@@]45C[C@@]35CC[C@]12C)[C@@H](C)COS(=O)(=O)c1ccc(C)cc1. The highest BCUT2D eigenvalue weighted by molar-refractivity contribution is 7.86. The van der Waals surface area contributed by atoms with E-state index >= 15 is 0 Å². The second kappa shape index (κ2) is 12.0. The Kier molecular flexibility index (Phi) is 8.74. The minimum atomic E-state index is -4.09. The highest BCUT2D eigenvalue weighted by Gasteiger charge is 2.82. The van der Waals surface area contributed by atoms with Crippen LogP contribution in [0.1, 0.15) is 85.6 Å². The number of ether oxygens (including phenoxy) is 2. The molecule has 0 saturated heterocycles. The van der Waals surface area contributed by atoms with Crippen LogP contribution in [0.4, 0.5) is 0 Å². The van der Waals surface area contributed by atoms with Gasteiger partial charge in [0.2, 0.25) is 0 Å². The van der Waals surface area contributed by atoms with Crippen molar-refractivity contribution in [1.29, 1.82) is 0 Å². The van der Waals surface area contributed by atoms with Crippen LogP contribution in [0.25, 0.3) is 0 Å². The molecule has 266 valence electrons. The Morgan fingerprint density at radius 3 is 2.33 bits per heavy atom. The van der Waals surface area contributed by atoms with E-state index in [4.69, 9.17) is 13.7 Å². The lowest BCUT2D eigenvalue weighted by Gasteiger charge is -2.60. The van der Waals surface area contributed by atoms with Crippen LogP contribution in [0, 0.1) is 58.2 Å². The van der Waals surface area contributed by atoms with Crippen molar-refractivity contribution in [3.8, 4) is 0 Å². The van der Waals surface area contributed by atoms with Gasteiger partial charge in [-0.3, -0.25) is 23.4 Å². The number of carbonyl (C=O) groups excluding carboxylic acids is 4. The van der Waals surface area contributed by atoms with Crippen molar-refractivity contribution < 1.29 is 41.3 Å².